The first kappa shape index (κ1) is 34.3. The normalized spacial score (nSPS) is 13.7. The van der Waals surface area contributed by atoms with E-state index < -0.39 is 16.9 Å². The molecule has 5 heteroatoms. The van der Waals surface area contributed by atoms with Crippen LogP contribution in [0.2, 0.25) is 0 Å². The SMILES string of the molecule is CCCCCCCCCCCCCCCCP(CCCC)(CCCC)(CCCC)OS(C)(=O)=O. The second-order valence-corrected chi connectivity index (χ2v) is 18.7. The maximum atomic E-state index is 12.5. The van der Waals surface area contributed by atoms with E-state index in [1.54, 1.807) is 0 Å². The summed E-state index contributed by atoms with van der Waals surface area (Å²) >= 11 is 0. The van der Waals surface area contributed by atoms with Gasteiger partial charge in [0.25, 0.3) is 0 Å². The molecule has 0 aromatic heterocycles. The van der Waals surface area contributed by atoms with Gasteiger partial charge in [0.15, 0.2) is 0 Å². The van der Waals surface area contributed by atoms with Crippen molar-refractivity contribution >= 4 is 16.9 Å². The summed E-state index contributed by atoms with van der Waals surface area (Å²) in [7, 11) is -3.44. The molecule has 0 atom stereocenters. The quantitative estimate of drug-likeness (QED) is 0.0838. The van der Waals surface area contributed by atoms with Gasteiger partial charge in [-0.3, -0.25) is 0 Å². The Bertz CT molecular complexity index is 537. The topological polar surface area (TPSA) is 43.4 Å². The molecule has 0 aliphatic carbocycles. The molecule has 0 aromatic rings. The van der Waals surface area contributed by atoms with Crippen LogP contribution >= 0.6 is 6.83 Å². The Balaban J connectivity index is 4.61. The van der Waals surface area contributed by atoms with Crippen LogP contribution in [0.5, 0.6) is 0 Å². The minimum atomic E-state index is -3.44. The Morgan fingerprint density at radius 2 is 0.706 bits per heavy atom. The van der Waals surface area contributed by atoms with E-state index in [4.69, 9.17) is 3.97 Å². The van der Waals surface area contributed by atoms with Crippen molar-refractivity contribution in [3.05, 3.63) is 0 Å². The Labute approximate surface area is 216 Å². The van der Waals surface area contributed by atoms with E-state index in [1.165, 1.54) is 89.7 Å². The van der Waals surface area contributed by atoms with E-state index in [9.17, 15) is 8.42 Å². The van der Waals surface area contributed by atoms with Gasteiger partial charge >= 0.3 is 190 Å². The van der Waals surface area contributed by atoms with Gasteiger partial charge in [-0.2, -0.15) is 0 Å². The molecule has 0 radical (unpaired) electrons. The van der Waals surface area contributed by atoms with Crippen molar-refractivity contribution in [2.45, 2.75) is 156 Å². The first-order chi connectivity index (χ1) is 16.3. The van der Waals surface area contributed by atoms with Crippen molar-refractivity contribution in [2.24, 2.45) is 0 Å². The zero-order valence-corrected chi connectivity index (χ0v) is 25.8. The second-order valence-electron chi connectivity index (χ2n) is 11.2. The van der Waals surface area contributed by atoms with Crippen LogP contribution in [0.15, 0.2) is 0 Å². The Kier molecular flexibility index (Phi) is 20.6. The average molecular weight is 523 g/mol. The van der Waals surface area contributed by atoms with Crippen molar-refractivity contribution < 1.29 is 12.4 Å². The van der Waals surface area contributed by atoms with E-state index in [0.717, 1.165) is 69.6 Å². The summed E-state index contributed by atoms with van der Waals surface area (Å²) in [6.07, 6.45) is 31.0. The molecule has 0 rings (SSSR count). The van der Waals surface area contributed by atoms with Crippen LogP contribution in [0.25, 0.3) is 0 Å². The molecule has 0 saturated heterocycles. The molecule has 0 aromatic carbocycles. The van der Waals surface area contributed by atoms with Gasteiger partial charge in [0.2, 0.25) is 0 Å². The molecule has 3 nitrogen and oxygen atoms in total. The molecule has 0 spiro atoms. The van der Waals surface area contributed by atoms with Gasteiger partial charge in [-0.1, -0.05) is 26.2 Å². The zero-order valence-electron chi connectivity index (χ0n) is 24.1. The van der Waals surface area contributed by atoms with Gasteiger partial charge in [0, 0.05) is 0 Å². The van der Waals surface area contributed by atoms with E-state index in [0.29, 0.717) is 0 Å². The summed E-state index contributed by atoms with van der Waals surface area (Å²) in [5.74, 6) is 0. The third-order valence-electron chi connectivity index (χ3n) is 7.66. The molecular formula is C29H63O3PS. The maximum absolute atomic E-state index is 12.5. The molecule has 0 aliphatic heterocycles. The number of hydrogen-bond donors (Lipinski definition) is 0. The predicted molar refractivity (Wildman–Crippen MR) is 157 cm³/mol. The Morgan fingerprint density at radius 1 is 0.441 bits per heavy atom. The van der Waals surface area contributed by atoms with Crippen LogP contribution in [0.3, 0.4) is 0 Å². The fourth-order valence-electron chi connectivity index (χ4n) is 5.58. The summed E-state index contributed by atoms with van der Waals surface area (Å²) < 4.78 is 31.3. The molecule has 0 amide bonds. The number of unbranched alkanes of at least 4 members (excludes halogenated alkanes) is 16. The number of hydrogen-bond acceptors (Lipinski definition) is 3. The van der Waals surface area contributed by atoms with Crippen molar-refractivity contribution in [2.75, 3.05) is 30.9 Å². The molecule has 0 aliphatic rings. The summed E-state index contributed by atoms with van der Waals surface area (Å²) in [5, 5.41) is 0. The van der Waals surface area contributed by atoms with Crippen LogP contribution in [-0.4, -0.2) is 39.3 Å². The summed E-state index contributed by atoms with van der Waals surface area (Å²) in [5.41, 5.74) is 0. The Morgan fingerprint density at radius 3 is 1.00 bits per heavy atom. The zero-order chi connectivity index (χ0) is 25.6. The molecule has 0 heterocycles. The van der Waals surface area contributed by atoms with Gasteiger partial charge in [-0.25, -0.2) is 0 Å². The summed E-state index contributed by atoms with van der Waals surface area (Å²) in [6.45, 7) is 6.21. The van der Waals surface area contributed by atoms with Crippen LogP contribution in [0.1, 0.15) is 156 Å². The molecule has 0 N–H and O–H groups in total. The standard InChI is InChI=1S/C29H63O3PS/c1-6-10-14-15-16-17-18-19-20-21-22-23-24-25-29-33(26-11-7-2,27-12-8-3,28-13-9-4)32-34(5,30)31/h6-29H2,1-5H3. The van der Waals surface area contributed by atoms with E-state index >= 15 is 0 Å². The first-order valence-electron chi connectivity index (χ1n) is 15.2. The van der Waals surface area contributed by atoms with E-state index in [2.05, 4.69) is 27.7 Å². The van der Waals surface area contributed by atoms with Gasteiger partial charge in [0.05, 0.1) is 0 Å². The van der Waals surface area contributed by atoms with Crippen LogP contribution < -0.4 is 0 Å². The van der Waals surface area contributed by atoms with Crippen LogP contribution in [0, 0.1) is 0 Å². The molecule has 0 fully saturated rings. The van der Waals surface area contributed by atoms with Gasteiger partial charge < -0.3 is 0 Å². The fraction of sp³-hybridized carbons (Fsp3) is 1.00. The second kappa shape index (κ2) is 20.4. The molecule has 0 unspecified atom stereocenters. The van der Waals surface area contributed by atoms with E-state index in [1.807, 2.05) is 0 Å². The molecule has 0 bridgehead atoms. The van der Waals surface area contributed by atoms with Crippen molar-refractivity contribution in [3.63, 3.8) is 0 Å². The average Bonchev–Trinajstić information content (AvgIpc) is 2.80. The first-order valence-corrected chi connectivity index (χ1v) is 19.9. The third-order valence-corrected chi connectivity index (χ3v) is 16.2. The molecule has 34 heavy (non-hydrogen) atoms. The third kappa shape index (κ3) is 16.9. The fourth-order valence-corrected chi connectivity index (χ4v) is 15.6. The summed E-state index contributed by atoms with van der Waals surface area (Å²) in [6, 6.07) is 0. The Hall–Kier alpha value is 0.340. The van der Waals surface area contributed by atoms with Crippen molar-refractivity contribution in [1.82, 2.24) is 0 Å². The van der Waals surface area contributed by atoms with Crippen molar-refractivity contribution in [3.8, 4) is 0 Å². The molecular weight excluding hydrogens is 459 g/mol. The molecule has 208 valence electrons. The molecule has 0 saturated carbocycles. The van der Waals surface area contributed by atoms with Gasteiger partial charge in [-0.05, 0) is 0 Å². The predicted octanol–water partition coefficient (Wildman–Crippen LogP) is 10.3. The van der Waals surface area contributed by atoms with Gasteiger partial charge in [-0.15, -0.1) is 0 Å². The van der Waals surface area contributed by atoms with Crippen LogP contribution in [0.4, 0.5) is 0 Å². The van der Waals surface area contributed by atoms with Gasteiger partial charge in [0.1, 0.15) is 0 Å². The number of rotatable bonds is 26. The van der Waals surface area contributed by atoms with E-state index in [-0.39, 0.29) is 0 Å². The minimum absolute atomic E-state index is 1.01. The monoisotopic (exact) mass is 522 g/mol. The van der Waals surface area contributed by atoms with Crippen molar-refractivity contribution in [1.29, 1.82) is 0 Å². The summed E-state index contributed by atoms with van der Waals surface area (Å²) in [4.78, 5) is 0. The van der Waals surface area contributed by atoms with Crippen LogP contribution in [-0.2, 0) is 14.1 Å².